The second kappa shape index (κ2) is 9.57. The predicted molar refractivity (Wildman–Crippen MR) is 122 cm³/mol. The number of para-hydroxylation sites is 1. The van der Waals surface area contributed by atoms with E-state index < -0.39 is 4.92 Å². The van der Waals surface area contributed by atoms with Gasteiger partial charge in [0, 0.05) is 41.9 Å². The van der Waals surface area contributed by atoms with Gasteiger partial charge in [0.05, 0.1) is 10.6 Å². The van der Waals surface area contributed by atoms with E-state index in [1.807, 2.05) is 42.5 Å². The zero-order valence-electron chi connectivity index (χ0n) is 17.0. The van der Waals surface area contributed by atoms with Crippen molar-refractivity contribution >= 4 is 34.4 Å². The third kappa shape index (κ3) is 4.58. The van der Waals surface area contributed by atoms with Gasteiger partial charge in [-0.05, 0) is 44.2 Å². The molecule has 0 saturated carbocycles. The average molecular weight is 401 g/mol. The maximum atomic E-state index is 11.3. The van der Waals surface area contributed by atoms with E-state index in [1.54, 1.807) is 12.1 Å². The first-order valence-electron chi connectivity index (χ1n) is 9.74. The Morgan fingerprint density at radius 3 is 2.67 bits per heavy atom. The Balaban J connectivity index is 1.97. The summed E-state index contributed by atoms with van der Waals surface area (Å²) in [6.07, 6.45) is 9.05. The highest BCUT2D eigenvalue weighted by molar-refractivity contribution is 5.88. The zero-order chi connectivity index (χ0) is 21.5. The minimum atomic E-state index is -0.416. The molecule has 3 rings (SSSR count). The molecule has 1 heterocycles. The van der Waals surface area contributed by atoms with E-state index in [0.29, 0.717) is 17.0 Å². The lowest BCUT2D eigenvalue weighted by Gasteiger charge is -2.22. The standard InChI is InChI=1S/C24H23N3O3/c1-4-16-30-23-17-21(26(5-2)6-3)15-12-18(23)10-13-20-14-11-19-8-7-9-22(27(28)29)24(19)25-20/h1,7-15,17H,5-6,16H2,2-3H3/b13-10+. The number of aromatic nitrogens is 1. The quantitative estimate of drug-likeness (QED) is 0.296. The second-order valence-electron chi connectivity index (χ2n) is 6.56. The van der Waals surface area contributed by atoms with Crippen LogP contribution >= 0.6 is 0 Å². The third-order valence-electron chi connectivity index (χ3n) is 4.79. The van der Waals surface area contributed by atoms with Gasteiger partial charge in [-0.25, -0.2) is 4.98 Å². The Morgan fingerprint density at radius 2 is 1.97 bits per heavy atom. The van der Waals surface area contributed by atoms with Gasteiger partial charge in [0.15, 0.2) is 0 Å². The van der Waals surface area contributed by atoms with Crippen LogP contribution in [0.15, 0.2) is 48.5 Å². The van der Waals surface area contributed by atoms with Crippen LogP contribution in [0.25, 0.3) is 23.1 Å². The largest absolute Gasteiger partial charge is 0.480 e. The van der Waals surface area contributed by atoms with E-state index in [1.165, 1.54) is 6.07 Å². The molecule has 0 spiro atoms. The summed E-state index contributed by atoms with van der Waals surface area (Å²) in [5.41, 5.74) is 2.89. The lowest BCUT2D eigenvalue weighted by atomic mass is 10.1. The number of pyridine rings is 1. The molecule has 0 radical (unpaired) electrons. The van der Waals surface area contributed by atoms with Crippen LogP contribution in [0.4, 0.5) is 11.4 Å². The summed E-state index contributed by atoms with van der Waals surface area (Å²) < 4.78 is 5.75. The monoisotopic (exact) mass is 401 g/mol. The number of rotatable bonds is 8. The molecular formula is C24H23N3O3. The van der Waals surface area contributed by atoms with Crippen molar-refractivity contribution in [3.05, 3.63) is 69.9 Å². The number of hydrogen-bond donors (Lipinski definition) is 0. The Morgan fingerprint density at radius 1 is 1.17 bits per heavy atom. The van der Waals surface area contributed by atoms with Crippen LogP contribution in [-0.2, 0) is 0 Å². The van der Waals surface area contributed by atoms with Crippen molar-refractivity contribution < 1.29 is 9.66 Å². The lowest BCUT2D eigenvalue weighted by molar-refractivity contribution is -0.383. The Hall–Kier alpha value is -3.85. The van der Waals surface area contributed by atoms with Gasteiger partial charge >= 0.3 is 0 Å². The van der Waals surface area contributed by atoms with E-state index in [4.69, 9.17) is 11.2 Å². The fraction of sp³-hybridized carbons (Fsp3) is 0.208. The van der Waals surface area contributed by atoms with Crippen LogP contribution in [0.2, 0.25) is 0 Å². The molecule has 0 N–H and O–H groups in total. The number of anilines is 1. The summed E-state index contributed by atoms with van der Waals surface area (Å²) in [5.74, 6) is 3.18. The molecule has 0 fully saturated rings. The first-order chi connectivity index (χ1) is 14.6. The van der Waals surface area contributed by atoms with Crippen LogP contribution in [-0.4, -0.2) is 29.6 Å². The molecule has 0 aliphatic heterocycles. The summed E-state index contributed by atoms with van der Waals surface area (Å²) >= 11 is 0. The molecular weight excluding hydrogens is 378 g/mol. The van der Waals surface area contributed by atoms with E-state index in [0.717, 1.165) is 29.7 Å². The molecule has 152 valence electrons. The summed E-state index contributed by atoms with van der Waals surface area (Å²) in [6, 6.07) is 14.6. The molecule has 0 unspecified atom stereocenters. The van der Waals surface area contributed by atoms with Crippen LogP contribution in [0, 0.1) is 22.5 Å². The molecule has 0 atom stereocenters. The normalized spacial score (nSPS) is 10.8. The van der Waals surface area contributed by atoms with Gasteiger partial charge in [-0.2, -0.15) is 0 Å². The van der Waals surface area contributed by atoms with Gasteiger partial charge in [-0.3, -0.25) is 10.1 Å². The number of non-ortho nitro benzene ring substituents is 1. The first kappa shape index (κ1) is 20.9. The molecule has 0 aliphatic rings. The Bertz CT molecular complexity index is 1130. The average Bonchev–Trinajstić information content (AvgIpc) is 2.77. The highest BCUT2D eigenvalue weighted by atomic mass is 16.6. The second-order valence-corrected chi connectivity index (χ2v) is 6.56. The fourth-order valence-electron chi connectivity index (χ4n) is 3.25. The first-order valence-corrected chi connectivity index (χ1v) is 9.74. The van der Waals surface area contributed by atoms with E-state index in [2.05, 4.69) is 29.7 Å². The van der Waals surface area contributed by atoms with Crippen molar-refractivity contribution in [3.8, 4) is 18.1 Å². The number of hydrogen-bond acceptors (Lipinski definition) is 5. The number of nitro benzene ring substituents is 1. The number of nitrogens with zero attached hydrogens (tertiary/aromatic N) is 3. The van der Waals surface area contributed by atoms with Crippen molar-refractivity contribution in [1.82, 2.24) is 4.98 Å². The highest BCUT2D eigenvalue weighted by Gasteiger charge is 2.12. The predicted octanol–water partition coefficient (Wildman–Crippen LogP) is 5.17. The molecule has 6 heteroatoms. The van der Waals surface area contributed by atoms with Crippen LogP contribution in [0.5, 0.6) is 5.75 Å². The van der Waals surface area contributed by atoms with Crippen LogP contribution in [0.1, 0.15) is 25.1 Å². The number of terminal acetylenes is 1. The molecule has 0 saturated heterocycles. The fourth-order valence-corrected chi connectivity index (χ4v) is 3.25. The maximum Gasteiger partial charge on any atom is 0.295 e. The van der Waals surface area contributed by atoms with Crippen molar-refractivity contribution in [2.75, 3.05) is 24.6 Å². The van der Waals surface area contributed by atoms with Crippen molar-refractivity contribution in [2.24, 2.45) is 0 Å². The Labute approximate surface area is 176 Å². The topological polar surface area (TPSA) is 68.5 Å². The highest BCUT2D eigenvalue weighted by Crippen LogP contribution is 2.28. The van der Waals surface area contributed by atoms with Crippen LogP contribution in [0.3, 0.4) is 0 Å². The minimum absolute atomic E-state index is 0.00984. The SMILES string of the molecule is C#CCOc1cc(N(CC)CC)ccc1/C=C/c1ccc2cccc([N+](=O)[O-])c2n1. The number of fused-ring (bicyclic) bond motifs is 1. The van der Waals surface area contributed by atoms with Crippen molar-refractivity contribution in [2.45, 2.75) is 13.8 Å². The number of nitro groups is 1. The molecule has 2 aromatic carbocycles. The van der Waals surface area contributed by atoms with Crippen molar-refractivity contribution in [3.63, 3.8) is 0 Å². The smallest absolute Gasteiger partial charge is 0.295 e. The number of ether oxygens (including phenoxy) is 1. The van der Waals surface area contributed by atoms with Gasteiger partial charge in [-0.15, -0.1) is 6.42 Å². The van der Waals surface area contributed by atoms with Gasteiger partial charge in [0.1, 0.15) is 17.9 Å². The van der Waals surface area contributed by atoms with E-state index >= 15 is 0 Å². The molecule has 0 amide bonds. The summed E-state index contributed by atoms with van der Waals surface area (Å²) in [6.45, 7) is 6.15. The zero-order valence-corrected chi connectivity index (χ0v) is 17.0. The Kier molecular flexibility index (Phi) is 6.66. The van der Waals surface area contributed by atoms with Gasteiger partial charge < -0.3 is 9.64 Å². The van der Waals surface area contributed by atoms with Gasteiger partial charge in [0.25, 0.3) is 5.69 Å². The third-order valence-corrected chi connectivity index (χ3v) is 4.79. The van der Waals surface area contributed by atoms with Crippen LogP contribution < -0.4 is 9.64 Å². The van der Waals surface area contributed by atoms with Gasteiger partial charge in [0.2, 0.25) is 0 Å². The maximum absolute atomic E-state index is 11.3. The molecule has 30 heavy (non-hydrogen) atoms. The molecule has 0 aliphatic carbocycles. The molecule has 1 aromatic heterocycles. The molecule has 3 aromatic rings. The lowest BCUT2D eigenvalue weighted by Crippen LogP contribution is -2.21. The molecule has 0 bridgehead atoms. The van der Waals surface area contributed by atoms with Gasteiger partial charge in [-0.1, -0.05) is 24.1 Å². The summed E-state index contributed by atoms with van der Waals surface area (Å²) in [5, 5.41) is 12.0. The number of benzene rings is 2. The van der Waals surface area contributed by atoms with E-state index in [9.17, 15) is 10.1 Å². The summed E-state index contributed by atoms with van der Waals surface area (Å²) in [7, 11) is 0. The molecule has 6 nitrogen and oxygen atoms in total. The summed E-state index contributed by atoms with van der Waals surface area (Å²) in [4.78, 5) is 17.6. The minimum Gasteiger partial charge on any atom is -0.480 e. The van der Waals surface area contributed by atoms with E-state index in [-0.39, 0.29) is 12.3 Å². The van der Waals surface area contributed by atoms with Crippen molar-refractivity contribution in [1.29, 1.82) is 0 Å².